The van der Waals surface area contributed by atoms with Crippen molar-refractivity contribution in [3.05, 3.63) is 58.7 Å². The van der Waals surface area contributed by atoms with Crippen molar-refractivity contribution in [2.75, 3.05) is 13.1 Å². The number of fused-ring (bicyclic) bond motifs is 1. The molecule has 122 valence electrons. The summed E-state index contributed by atoms with van der Waals surface area (Å²) < 4.78 is 37.9. The van der Waals surface area contributed by atoms with Crippen LogP contribution < -0.4 is 0 Å². The predicted molar refractivity (Wildman–Crippen MR) is 80.9 cm³/mol. The average Bonchev–Trinajstić information content (AvgIpc) is 2.71. The molecule has 0 fully saturated rings. The highest BCUT2D eigenvalue weighted by Crippen LogP contribution is 2.26. The summed E-state index contributed by atoms with van der Waals surface area (Å²) in [7, 11) is 0. The fraction of sp³-hybridized carbons (Fsp3) is 0.412. The van der Waals surface area contributed by atoms with Crippen molar-refractivity contribution in [3.63, 3.8) is 0 Å². The smallest absolute Gasteiger partial charge is 0.298 e. The largest absolute Gasteiger partial charge is 0.451 e. The molecule has 3 rings (SSSR count). The van der Waals surface area contributed by atoms with Crippen LogP contribution in [0.25, 0.3) is 0 Å². The van der Waals surface area contributed by atoms with Crippen LogP contribution in [0.1, 0.15) is 28.2 Å². The van der Waals surface area contributed by atoms with Crippen molar-refractivity contribution in [3.8, 4) is 0 Å². The van der Waals surface area contributed by atoms with Crippen molar-refractivity contribution < 1.29 is 13.2 Å². The fourth-order valence-electron chi connectivity index (χ4n) is 2.90. The molecule has 2 heterocycles. The molecule has 0 bridgehead atoms. The van der Waals surface area contributed by atoms with Gasteiger partial charge in [-0.3, -0.25) is 4.90 Å². The zero-order valence-corrected chi connectivity index (χ0v) is 12.9. The fourth-order valence-corrected chi connectivity index (χ4v) is 2.90. The molecule has 0 spiro atoms. The van der Waals surface area contributed by atoms with E-state index in [9.17, 15) is 13.2 Å². The predicted octanol–water partition coefficient (Wildman–Crippen LogP) is 3.40. The third-order valence-corrected chi connectivity index (χ3v) is 4.24. The third kappa shape index (κ3) is 3.69. The zero-order chi connectivity index (χ0) is 16.4. The molecule has 23 heavy (non-hydrogen) atoms. The first kappa shape index (κ1) is 15.9. The van der Waals surface area contributed by atoms with Gasteiger partial charge in [-0.2, -0.15) is 13.2 Å². The minimum absolute atomic E-state index is 0.397. The number of aromatic nitrogens is 2. The van der Waals surface area contributed by atoms with E-state index in [1.165, 1.54) is 17.3 Å². The van der Waals surface area contributed by atoms with Gasteiger partial charge in [0.05, 0.1) is 0 Å². The Morgan fingerprint density at radius 1 is 1.09 bits per heavy atom. The maximum atomic E-state index is 12.6. The lowest BCUT2D eigenvalue weighted by atomic mass is 10.0. The van der Waals surface area contributed by atoms with Crippen LogP contribution in [0.3, 0.4) is 0 Å². The van der Waals surface area contributed by atoms with Gasteiger partial charge in [0, 0.05) is 37.1 Å². The van der Waals surface area contributed by atoms with Crippen LogP contribution in [0.5, 0.6) is 0 Å². The monoisotopic (exact) mass is 321 g/mol. The second kappa shape index (κ2) is 6.28. The molecule has 0 N–H and O–H groups in total. The molecule has 0 saturated carbocycles. The van der Waals surface area contributed by atoms with Gasteiger partial charge >= 0.3 is 6.18 Å². The molecule has 0 radical (unpaired) electrons. The number of alkyl halides is 3. The molecule has 2 aromatic rings. The van der Waals surface area contributed by atoms with E-state index in [-0.39, 0.29) is 0 Å². The van der Waals surface area contributed by atoms with Crippen LogP contribution in [0, 0.1) is 6.92 Å². The van der Waals surface area contributed by atoms with Gasteiger partial charge in [0.1, 0.15) is 0 Å². The number of aryl methyl sites for hydroxylation is 1. The van der Waals surface area contributed by atoms with Crippen LogP contribution in [-0.2, 0) is 25.6 Å². The number of hydrogen-bond donors (Lipinski definition) is 0. The first-order valence-corrected chi connectivity index (χ1v) is 7.62. The molecule has 3 nitrogen and oxygen atoms in total. The molecule has 0 saturated heterocycles. The van der Waals surface area contributed by atoms with Crippen LogP contribution in [-0.4, -0.2) is 28.0 Å². The zero-order valence-electron chi connectivity index (χ0n) is 12.9. The molecule has 0 unspecified atom stereocenters. The van der Waals surface area contributed by atoms with Crippen molar-refractivity contribution in [1.29, 1.82) is 0 Å². The van der Waals surface area contributed by atoms with Crippen LogP contribution >= 0.6 is 0 Å². The Bertz CT molecular complexity index is 671. The van der Waals surface area contributed by atoms with Gasteiger partial charge in [0.25, 0.3) is 0 Å². The third-order valence-electron chi connectivity index (χ3n) is 4.24. The standard InChI is InChI=1S/C17H18F3N3/c1-12-15(10-21-16(22-12)17(18,19)20)11-23-8-6-13-4-2-3-5-14(13)7-9-23/h2-5,10H,6-9,11H2,1H3. The molecule has 1 aromatic carbocycles. The summed E-state index contributed by atoms with van der Waals surface area (Å²) in [6.45, 7) is 3.96. The molecule has 6 heteroatoms. The summed E-state index contributed by atoms with van der Waals surface area (Å²) in [6, 6.07) is 8.38. The van der Waals surface area contributed by atoms with E-state index in [1.807, 2.05) is 12.1 Å². The van der Waals surface area contributed by atoms with E-state index in [2.05, 4.69) is 27.0 Å². The number of halogens is 3. The summed E-state index contributed by atoms with van der Waals surface area (Å²) >= 11 is 0. The second-order valence-corrected chi connectivity index (χ2v) is 5.85. The minimum atomic E-state index is -4.49. The lowest BCUT2D eigenvalue weighted by molar-refractivity contribution is -0.145. The Labute approximate surface area is 133 Å². The summed E-state index contributed by atoms with van der Waals surface area (Å²) in [5, 5.41) is 0. The molecule has 1 aliphatic heterocycles. The maximum Gasteiger partial charge on any atom is 0.451 e. The van der Waals surface area contributed by atoms with Gasteiger partial charge in [-0.15, -0.1) is 0 Å². The molecule has 0 aliphatic carbocycles. The molecular weight excluding hydrogens is 303 g/mol. The number of hydrogen-bond acceptors (Lipinski definition) is 3. The van der Waals surface area contributed by atoms with Crippen molar-refractivity contribution >= 4 is 0 Å². The van der Waals surface area contributed by atoms with Gasteiger partial charge < -0.3 is 0 Å². The summed E-state index contributed by atoms with van der Waals surface area (Å²) in [5.41, 5.74) is 3.86. The highest BCUT2D eigenvalue weighted by atomic mass is 19.4. The number of rotatable bonds is 2. The van der Waals surface area contributed by atoms with E-state index < -0.39 is 12.0 Å². The Balaban J connectivity index is 1.71. The maximum absolute atomic E-state index is 12.6. The number of nitrogens with zero attached hydrogens (tertiary/aromatic N) is 3. The molecule has 1 aromatic heterocycles. The summed E-state index contributed by atoms with van der Waals surface area (Å²) in [6.07, 6.45) is -1.27. The van der Waals surface area contributed by atoms with E-state index in [1.54, 1.807) is 6.92 Å². The topological polar surface area (TPSA) is 29.0 Å². The average molecular weight is 321 g/mol. The van der Waals surface area contributed by atoms with Gasteiger partial charge in [0.2, 0.25) is 5.82 Å². The van der Waals surface area contributed by atoms with Crippen LogP contribution in [0.2, 0.25) is 0 Å². The van der Waals surface area contributed by atoms with Crippen LogP contribution in [0.15, 0.2) is 30.5 Å². The van der Waals surface area contributed by atoms with Crippen molar-refractivity contribution in [1.82, 2.24) is 14.9 Å². The quantitative estimate of drug-likeness (QED) is 0.849. The highest BCUT2D eigenvalue weighted by Gasteiger charge is 2.34. The first-order chi connectivity index (χ1) is 10.9. The molecular formula is C17H18F3N3. The lowest BCUT2D eigenvalue weighted by Gasteiger charge is -2.20. The Kier molecular flexibility index (Phi) is 4.35. The van der Waals surface area contributed by atoms with Gasteiger partial charge in [-0.1, -0.05) is 24.3 Å². The highest BCUT2D eigenvalue weighted by molar-refractivity contribution is 5.28. The van der Waals surface area contributed by atoms with E-state index in [0.29, 0.717) is 12.2 Å². The lowest BCUT2D eigenvalue weighted by Crippen LogP contribution is -2.27. The molecule has 1 aliphatic rings. The summed E-state index contributed by atoms with van der Waals surface area (Å²) in [5.74, 6) is -1.07. The Morgan fingerprint density at radius 2 is 1.70 bits per heavy atom. The Hall–Kier alpha value is -1.95. The van der Waals surface area contributed by atoms with Crippen LogP contribution in [0.4, 0.5) is 13.2 Å². The molecule has 0 atom stereocenters. The molecule has 0 amide bonds. The van der Waals surface area contributed by atoms with E-state index in [4.69, 9.17) is 0 Å². The van der Waals surface area contributed by atoms with Crippen molar-refractivity contribution in [2.45, 2.75) is 32.5 Å². The minimum Gasteiger partial charge on any atom is -0.298 e. The van der Waals surface area contributed by atoms with E-state index >= 15 is 0 Å². The van der Waals surface area contributed by atoms with Gasteiger partial charge in [-0.05, 0) is 30.9 Å². The summed E-state index contributed by atoms with van der Waals surface area (Å²) in [4.78, 5) is 9.34. The SMILES string of the molecule is Cc1nc(C(F)(F)F)ncc1CN1CCc2ccccc2CC1. The van der Waals surface area contributed by atoms with E-state index in [0.717, 1.165) is 31.5 Å². The first-order valence-electron chi connectivity index (χ1n) is 7.62. The van der Waals surface area contributed by atoms with Gasteiger partial charge in [0.15, 0.2) is 0 Å². The Morgan fingerprint density at radius 3 is 2.22 bits per heavy atom. The second-order valence-electron chi connectivity index (χ2n) is 5.85. The van der Waals surface area contributed by atoms with Gasteiger partial charge in [-0.25, -0.2) is 9.97 Å². The normalized spacial score (nSPS) is 16.0. The van der Waals surface area contributed by atoms with Crippen molar-refractivity contribution in [2.24, 2.45) is 0 Å². The number of benzene rings is 1.